The number of carboxylic acids is 1. The zero-order chi connectivity index (χ0) is 16.6. The Morgan fingerprint density at radius 1 is 1.09 bits per heavy atom. The number of benzene rings is 1. The highest BCUT2D eigenvalue weighted by Gasteiger charge is 2.53. The van der Waals surface area contributed by atoms with Crippen molar-refractivity contribution in [1.29, 1.82) is 0 Å². The van der Waals surface area contributed by atoms with Crippen molar-refractivity contribution >= 4 is 23.5 Å². The molecular weight excluding hydrogens is 302 g/mol. The number of carbonyl (C=O) groups excluding carboxylic acids is 2. The van der Waals surface area contributed by atoms with Crippen molar-refractivity contribution in [1.82, 2.24) is 0 Å². The number of anilines is 1. The Balaban J connectivity index is 1.73. The van der Waals surface area contributed by atoms with Crippen molar-refractivity contribution in [3.63, 3.8) is 0 Å². The first-order valence-electron chi connectivity index (χ1n) is 7.07. The summed E-state index contributed by atoms with van der Waals surface area (Å²) in [6.45, 7) is 0. The van der Waals surface area contributed by atoms with E-state index in [1.165, 1.54) is 19.2 Å². The molecule has 23 heavy (non-hydrogen) atoms. The molecule has 3 rings (SSSR count). The van der Waals surface area contributed by atoms with E-state index in [1.54, 1.807) is 24.3 Å². The summed E-state index contributed by atoms with van der Waals surface area (Å²) in [6, 6.07) is 6.16. The molecule has 0 aliphatic carbocycles. The maximum atomic E-state index is 12.4. The van der Waals surface area contributed by atoms with Crippen LogP contribution in [0.1, 0.15) is 10.4 Å². The van der Waals surface area contributed by atoms with Crippen molar-refractivity contribution in [3.05, 3.63) is 42.0 Å². The maximum absolute atomic E-state index is 12.4. The number of nitrogens with one attached hydrogen (secondary N) is 1. The summed E-state index contributed by atoms with van der Waals surface area (Å²) < 4.78 is 10.1. The van der Waals surface area contributed by atoms with Gasteiger partial charge in [0.2, 0.25) is 5.91 Å². The highest BCUT2D eigenvalue weighted by atomic mass is 16.5. The predicted octanol–water partition coefficient (Wildman–Crippen LogP) is 1.07. The van der Waals surface area contributed by atoms with Gasteiger partial charge in [-0.15, -0.1) is 0 Å². The van der Waals surface area contributed by atoms with E-state index < -0.39 is 41.9 Å². The second-order valence-corrected chi connectivity index (χ2v) is 5.40. The fraction of sp³-hybridized carbons (Fsp3) is 0.312. The first-order valence-corrected chi connectivity index (χ1v) is 7.07. The molecule has 2 bridgehead atoms. The number of fused-ring (bicyclic) bond motifs is 2. The number of hydrogen-bond acceptors (Lipinski definition) is 5. The van der Waals surface area contributed by atoms with E-state index in [1.807, 2.05) is 0 Å². The number of methoxy groups -OCH3 is 1. The third-order valence-electron chi connectivity index (χ3n) is 4.06. The van der Waals surface area contributed by atoms with Crippen molar-refractivity contribution in [3.8, 4) is 0 Å². The summed E-state index contributed by atoms with van der Waals surface area (Å²) in [5.41, 5.74) is 0.832. The third-order valence-corrected chi connectivity index (χ3v) is 4.06. The minimum atomic E-state index is -1.05. The first-order chi connectivity index (χ1) is 11.0. The molecule has 2 aliphatic rings. The third kappa shape index (κ3) is 2.70. The van der Waals surface area contributed by atoms with E-state index in [-0.39, 0.29) is 0 Å². The molecule has 0 unspecified atom stereocenters. The van der Waals surface area contributed by atoms with Crippen LogP contribution in [0.3, 0.4) is 0 Å². The summed E-state index contributed by atoms with van der Waals surface area (Å²) in [4.78, 5) is 35.1. The van der Waals surface area contributed by atoms with Gasteiger partial charge in [0.05, 0.1) is 30.8 Å². The van der Waals surface area contributed by atoms with Gasteiger partial charge in [0, 0.05) is 5.69 Å². The standard InChI is InChI=1S/C16H15NO6/c1-22-16(21)8-2-4-9(5-3-8)17-14(18)12-10-6-7-11(23-10)13(12)15(19)20/h2-7,10-13H,1H3,(H,17,18)(H,19,20)/t10-,11-,12-,13+/m1/s1. The molecule has 0 saturated carbocycles. The zero-order valence-corrected chi connectivity index (χ0v) is 12.3. The van der Waals surface area contributed by atoms with Gasteiger partial charge in [0.25, 0.3) is 0 Å². The van der Waals surface area contributed by atoms with Crippen LogP contribution in [0, 0.1) is 11.8 Å². The van der Waals surface area contributed by atoms with Gasteiger partial charge in [0.1, 0.15) is 5.92 Å². The number of carboxylic acid groups (broad SMARTS) is 1. The first kappa shape index (κ1) is 15.2. The molecule has 120 valence electrons. The summed E-state index contributed by atoms with van der Waals surface area (Å²) >= 11 is 0. The largest absolute Gasteiger partial charge is 0.481 e. The maximum Gasteiger partial charge on any atom is 0.337 e. The second-order valence-electron chi connectivity index (χ2n) is 5.40. The van der Waals surface area contributed by atoms with Crippen LogP contribution in [0.5, 0.6) is 0 Å². The van der Waals surface area contributed by atoms with Crippen molar-refractivity contribution in [2.75, 3.05) is 12.4 Å². The van der Waals surface area contributed by atoms with E-state index in [0.29, 0.717) is 11.3 Å². The minimum absolute atomic E-state index is 0.361. The minimum Gasteiger partial charge on any atom is -0.481 e. The molecule has 4 atom stereocenters. The van der Waals surface area contributed by atoms with Crippen molar-refractivity contribution in [2.24, 2.45) is 11.8 Å². The number of rotatable bonds is 4. The van der Waals surface area contributed by atoms with Gasteiger partial charge >= 0.3 is 11.9 Å². The Bertz CT molecular complexity index is 680. The molecule has 2 aliphatic heterocycles. The topological polar surface area (TPSA) is 102 Å². The molecule has 1 aromatic carbocycles. The Morgan fingerprint density at radius 2 is 1.70 bits per heavy atom. The summed E-state index contributed by atoms with van der Waals surface area (Å²) in [5.74, 6) is -3.61. The molecule has 1 aromatic rings. The van der Waals surface area contributed by atoms with Crippen molar-refractivity contribution in [2.45, 2.75) is 12.2 Å². The smallest absolute Gasteiger partial charge is 0.337 e. The van der Waals surface area contributed by atoms with Gasteiger partial charge in [-0.25, -0.2) is 4.79 Å². The second kappa shape index (κ2) is 5.85. The number of carbonyl (C=O) groups is 3. The van der Waals surface area contributed by atoms with Gasteiger partial charge in [0.15, 0.2) is 0 Å². The lowest BCUT2D eigenvalue weighted by molar-refractivity contribution is -0.145. The SMILES string of the molecule is COC(=O)c1ccc(NC(=O)[C@H]2[C@@H](C(=O)O)[C@H]3C=C[C@H]2O3)cc1. The molecule has 0 radical (unpaired) electrons. The van der Waals surface area contributed by atoms with Crippen LogP contribution in [-0.4, -0.2) is 42.3 Å². The molecule has 2 heterocycles. The van der Waals surface area contributed by atoms with Gasteiger partial charge in [-0.05, 0) is 24.3 Å². The van der Waals surface area contributed by atoms with Gasteiger partial charge in [-0.2, -0.15) is 0 Å². The quantitative estimate of drug-likeness (QED) is 0.636. The summed E-state index contributed by atoms with van der Waals surface area (Å²) in [7, 11) is 1.28. The Kier molecular flexibility index (Phi) is 3.87. The summed E-state index contributed by atoms with van der Waals surface area (Å²) in [6.07, 6.45) is 2.32. The van der Waals surface area contributed by atoms with Crippen LogP contribution in [0.25, 0.3) is 0 Å². The van der Waals surface area contributed by atoms with E-state index >= 15 is 0 Å². The lowest BCUT2D eigenvalue weighted by atomic mass is 9.82. The zero-order valence-electron chi connectivity index (χ0n) is 12.3. The monoisotopic (exact) mass is 317 g/mol. The number of amides is 1. The van der Waals surface area contributed by atoms with Crippen LogP contribution in [0.15, 0.2) is 36.4 Å². The normalized spacial score (nSPS) is 27.7. The number of aliphatic carboxylic acids is 1. The van der Waals surface area contributed by atoms with Crippen LogP contribution in [0.2, 0.25) is 0 Å². The Hall–Kier alpha value is -2.67. The van der Waals surface area contributed by atoms with Gasteiger partial charge in [-0.3, -0.25) is 9.59 Å². The van der Waals surface area contributed by atoms with Crippen LogP contribution >= 0.6 is 0 Å². The molecule has 1 saturated heterocycles. The molecule has 1 amide bonds. The molecular formula is C16H15NO6. The van der Waals surface area contributed by atoms with Crippen LogP contribution in [0.4, 0.5) is 5.69 Å². The molecule has 0 aromatic heterocycles. The average Bonchev–Trinajstić information content (AvgIpc) is 3.15. The van der Waals surface area contributed by atoms with Crippen LogP contribution in [-0.2, 0) is 19.1 Å². The molecule has 7 heteroatoms. The van der Waals surface area contributed by atoms with E-state index in [9.17, 15) is 19.5 Å². The van der Waals surface area contributed by atoms with E-state index in [0.717, 1.165) is 0 Å². The van der Waals surface area contributed by atoms with Crippen LogP contribution < -0.4 is 5.32 Å². The Morgan fingerprint density at radius 3 is 2.26 bits per heavy atom. The Labute approximate surface area is 131 Å². The lowest BCUT2D eigenvalue weighted by Crippen LogP contribution is -2.39. The van der Waals surface area contributed by atoms with Crippen molar-refractivity contribution < 1.29 is 29.0 Å². The fourth-order valence-corrected chi connectivity index (χ4v) is 2.95. The number of ether oxygens (including phenoxy) is 2. The average molecular weight is 317 g/mol. The predicted molar refractivity (Wildman–Crippen MR) is 78.8 cm³/mol. The number of hydrogen-bond donors (Lipinski definition) is 2. The molecule has 7 nitrogen and oxygen atoms in total. The van der Waals surface area contributed by atoms with E-state index in [4.69, 9.17) is 4.74 Å². The van der Waals surface area contributed by atoms with E-state index in [2.05, 4.69) is 10.1 Å². The highest BCUT2D eigenvalue weighted by molar-refractivity contribution is 5.97. The van der Waals surface area contributed by atoms with Gasteiger partial charge in [-0.1, -0.05) is 12.2 Å². The summed E-state index contributed by atoms with van der Waals surface area (Å²) in [5, 5.41) is 12.0. The number of esters is 1. The highest BCUT2D eigenvalue weighted by Crippen LogP contribution is 2.39. The van der Waals surface area contributed by atoms with Gasteiger partial charge < -0.3 is 19.9 Å². The molecule has 2 N–H and O–H groups in total. The lowest BCUT2D eigenvalue weighted by Gasteiger charge is -2.21. The molecule has 1 fully saturated rings. The molecule has 0 spiro atoms. The fourth-order valence-electron chi connectivity index (χ4n) is 2.95.